The first-order valence-corrected chi connectivity index (χ1v) is 13.9. The maximum atomic E-state index is 15.9. The first-order chi connectivity index (χ1) is 19.8. The Labute approximate surface area is 245 Å². The fourth-order valence-corrected chi connectivity index (χ4v) is 5.90. The topological polar surface area (TPSA) is 84.7 Å². The maximum absolute atomic E-state index is 15.9. The molecular weight excluding hydrogens is 571 g/mol. The van der Waals surface area contributed by atoms with Crippen LogP contribution in [0.5, 0.6) is 5.75 Å². The maximum Gasteiger partial charge on any atom is 0.347 e. The third-order valence-corrected chi connectivity index (χ3v) is 7.95. The minimum absolute atomic E-state index is 0.0287. The van der Waals surface area contributed by atoms with Crippen molar-refractivity contribution in [1.82, 2.24) is 9.78 Å². The Kier molecular flexibility index (Phi) is 7.70. The van der Waals surface area contributed by atoms with Crippen LogP contribution in [0.25, 0.3) is 16.6 Å². The van der Waals surface area contributed by atoms with E-state index in [-0.39, 0.29) is 17.0 Å². The number of benzene rings is 3. The van der Waals surface area contributed by atoms with Crippen molar-refractivity contribution in [3.05, 3.63) is 82.8 Å². The third kappa shape index (κ3) is 5.19. The van der Waals surface area contributed by atoms with Gasteiger partial charge >= 0.3 is 5.97 Å². The number of nitrogens with zero attached hydrogens (tertiary/aromatic N) is 3. The lowest BCUT2D eigenvalue weighted by atomic mass is 9.76. The fraction of sp³-hybridized carbons (Fsp3) is 0.323. The van der Waals surface area contributed by atoms with Crippen LogP contribution < -0.4 is 9.64 Å². The van der Waals surface area contributed by atoms with Gasteiger partial charge in [-0.1, -0.05) is 30.9 Å². The normalized spacial score (nSPS) is 15.0. The smallest absolute Gasteiger partial charge is 0.347 e. The second-order valence-corrected chi connectivity index (χ2v) is 11.4. The molecule has 7 nitrogen and oxygen atoms in total. The number of carboxylic acids is 1. The number of amides is 1. The Morgan fingerprint density at radius 3 is 2.21 bits per heavy atom. The van der Waals surface area contributed by atoms with E-state index in [0.717, 1.165) is 24.6 Å². The van der Waals surface area contributed by atoms with Crippen molar-refractivity contribution < 1.29 is 32.6 Å². The molecular formula is C31H29ClF3N3O4. The lowest BCUT2D eigenvalue weighted by Gasteiger charge is -2.46. The molecule has 1 fully saturated rings. The summed E-state index contributed by atoms with van der Waals surface area (Å²) in [4.78, 5) is 26.4. The molecule has 42 heavy (non-hydrogen) atoms. The molecule has 0 unspecified atom stereocenters. The average Bonchev–Trinajstić information content (AvgIpc) is 3.29. The number of carbonyl (C=O) groups excluding carboxylic acids is 1. The van der Waals surface area contributed by atoms with E-state index in [1.807, 2.05) is 0 Å². The largest absolute Gasteiger partial charge is 0.478 e. The van der Waals surface area contributed by atoms with Gasteiger partial charge in [0.2, 0.25) is 5.91 Å². The SMILES string of the molecule is CC(=O)N(c1ccc(OC(C)(C)C(=O)O)cc1F)C1(c2c3cc(F)c(F)cc3nn2-c2ccc(Cl)cc2)CCCCC1. The van der Waals surface area contributed by atoms with Gasteiger partial charge in [-0.05, 0) is 69.2 Å². The van der Waals surface area contributed by atoms with Crippen molar-refractivity contribution in [2.24, 2.45) is 0 Å². The summed E-state index contributed by atoms with van der Waals surface area (Å²) in [5.41, 5.74) is -1.76. The molecule has 11 heteroatoms. The quantitative estimate of drug-likeness (QED) is 0.237. The number of fused-ring (bicyclic) bond motifs is 1. The molecule has 0 spiro atoms. The van der Waals surface area contributed by atoms with E-state index in [1.54, 1.807) is 28.9 Å². The van der Waals surface area contributed by atoms with Gasteiger partial charge in [-0.3, -0.25) is 9.69 Å². The molecule has 1 saturated carbocycles. The van der Waals surface area contributed by atoms with Crippen LogP contribution in [0.4, 0.5) is 18.9 Å². The molecule has 1 N–H and O–H groups in total. The van der Waals surface area contributed by atoms with Crippen molar-refractivity contribution >= 4 is 40.1 Å². The molecule has 1 aromatic heterocycles. The molecule has 3 aromatic carbocycles. The number of halogens is 4. The molecule has 1 heterocycles. The van der Waals surface area contributed by atoms with E-state index < -0.39 is 40.5 Å². The third-order valence-electron chi connectivity index (χ3n) is 7.70. The first-order valence-electron chi connectivity index (χ1n) is 13.5. The molecule has 1 aliphatic rings. The molecule has 1 aliphatic carbocycles. The van der Waals surface area contributed by atoms with Gasteiger partial charge in [-0.25, -0.2) is 22.6 Å². The van der Waals surface area contributed by atoms with Crippen LogP contribution in [0.3, 0.4) is 0 Å². The van der Waals surface area contributed by atoms with Crippen molar-refractivity contribution in [3.8, 4) is 11.4 Å². The van der Waals surface area contributed by atoms with E-state index in [4.69, 9.17) is 16.3 Å². The zero-order chi connectivity index (χ0) is 30.4. The van der Waals surface area contributed by atoms with Gasteiger partial charge in [0.05, 0.1) is 28.1 Å². The summed E-state index contributed by atoms with van der Waals surface area (Å²) >= 11 is 6.13. The second-order valence-electron chi connectivity index (χ2n) is 11.0. The van der Waals surface area contributed by atoms with Crippen LogP contribution in [-0.2, 0) is 15.1 Å². The molecule has 0 radical (unpaired) electrons. The minimum atomic E-state index is -1.62. The fourth-order valence-electron chi connectivity index (χ4n) is 5.77. The Balaban J connectivity index is 1.76. The molecule has 5 rings (SSSR count). The van der Waals surface area contributed by atoms with Crippen molar-refractivity contribution in [2.75, 3.05) is 4.90 Å². The van der Waals surface area contributed by atoms with Crippen molar-refractivity contribution in [3.63, 3.8) is 0 Å². The van der Waals surface area contributed by atoms with Gasteiger partial charge in [0.25, 0.3) is 0 Å². The highest BCUT2D eigenvalue weighted by Crippen LogP contribution is 2.48. The summed E-state index contributed by atoms with van der Waals surface area (Å²) in [5.74, 6) is -4.69. The van der Waals surface area contributed by atoms with Crippen LogP contribution in [0.1, 0.15) is 58.6 Å². The number of anilines is 1. The van der Waals surface area contributed by atoms with E-state index in [1.165, 1.54) is 37.8 Å². The minimum Gasteiger partial charge on any atom is -0.478 e. The van der Waals surface area contributed by atoms with Gasteiger partial charge in [-0.15, -0.1) is 0 Å². The van der Waals surface area contributed by atoms with E-state index in [2.05, 4.69) is 5.10 Å². The van der Waals surface area contributed by atoms with Crippen molar-refractivity contribution in [1.29, 1.82) is 0 Å². The number of carbonyl (C=O) groups is 2. The number of hydrogen-bond acceptors (Lipinski definition) is 4. The number of hydrogen-bond donors (Lipinski definition) is 1. The summed E-state index contributed by atoms with van der Waals surface area (Å²) in [6, 6.07) is 12.6. The molecule has 0 aliphatic heterocycles. The number of ether oxygens (including phenoxy) is 1. The Bertz CT molecular complexity index is 1680. The Morgan fingerprint density at radius 1 is 0.976 bits per heavy atom. The highest BCUT2D eigenvalue weighted by molar-refractivity contribution is 6.30. The van der Waals surface area contributed by atoms with Crippen LogP contribution >= 0.6 is 11.6 Å². The first kappa shape index (κ1) is 29.4. The van der Waals surface area contributed by atoms with E-state index >= 15 is 4.39 Å². The Hall–Kier alpha value is -4.05. The van der Waals surface area contributed by atoms with Crippen molar-refractivity contribution in [2.45, 2.75) is 64.0 Å². The predicted molar refractivity (Wildman–Crippen MR) is 153 cm³/mol. The van der Waals surface area contributed by atoms with Crippen LogP contribution in [0.15, 0.2) is 54.6 Å². The molecule has 0 atom stereocenters. The van der Waals surface area contributed by atoms with Crippen LogP contribution in [-0.4, -0.2) is 32.4 Å². The second kappa shape index (κ2) is 11.0. The molecule has 220 valence electrons. The summed E-state index contributed by atoms with van der Waals surface area (Å²) < 4.78 is 52.1. The predicted octanol–water partition coefficient (Wildman–Crippen LogP) is 7.55. The average molecular weight is 600 g/mol. The lowest BCUT2D eigenvalue weighted by molar-refractivity contribution is -0.152. The van der Waals surface area contributed by atoms with Gasteiger partial charge in [-0.2, -0.15) is 5.10 Å². The van der Waals surface area contributed by atoms with Gasteiger partial charge in [0.1, 0.15) is 5.75 Å². The van der Waals surface area contributed by atoms with Gasteiger partial charge < -0.3 is 9.84 Å². The van der Waals surface area contributed by atoms with Gasteiger partial charge in [0, 0.05) is 29.5 Å². The monoisotopic (exact) mass is 599 g/mol. The lowest BCUT2D eigenvalue weighted by Crippen LogP contribution is -2.52. The number of aliphatic carboxylic acids is 1. The van der Waals surface area contributed by atoms with Gasteiger partial charge in [0.15, 0.2) is 23.1 Å². The number of carboxylic acid groups (broad SMARTS) is 1. The summed E-state index contributed by atoms with van der Waals surface area (Å²) in [6.45, 7) is 4.00. The standard InChI is InChI=1S/C31H29ClF3N3O4/c1-18(39)37(27-12-11-21(15-25(27)35)42-30(2,3)29(40)41)31(13-5-4-6-14-31)28-22-16-23(33)24(34)17-26(22)36-38(28)20-9-7-19(32)8-10-20/h7-12,15-17H,4-6,13-14H2,1-3H3,(H,40,41). The highest BCUT2D eigenvalue weighted by Gasteiger charge is 2.47. The molecule has 4 aromatic rings. The van der Waals surface area contributed by atoms with Crippen LogP contribution in [0.2, 0.25) is 5.02 Å². The summed E-state index contributed by atoms with van der Waals surface area (Å²) in [5, 5.41) is 14.8. The van der Waals surface area contributed by atoms with Crippen LogP contribution in [0, 0.1) is 17.5 Å². The number of rotatable bonds is 7. The highest BCUT2D eigenvalue weighted by atomic mass is 35.5. The molecule has 0 saturated heterocycles. The summed E-state index contributed by atoms with van der Waals surface area (Å²) in [6.07, 6.45) is 3.00. The van der Waals surface area contributed by atoms with E-state index in [0.29, 0.717) is 47.5 Å². The Morgan fingerprint density at radius 2 is 1.62 bits per heavy atom. The summed E-state index contributed by atoms with van der Waals surface area (Å²) in [7, 11) is 0. The number of aromatic nitrogens is 2. The zero-order valence-corrected chi connectivity index (χ0v) is 24.0. The zero-order valence-electron chi connectivity index (χ0n) is 23.3. The molecule has 1 amide bonds. The molecule has 0 bridgehead atoms. The van der Waals surface area contributed by atoms with E-state index in [9.17, 15) is 23.5 Å².